The number of aliphatic hydroxyl groups excluding tert-OH is 1. The van der Waals surface area contributed by atoms with Crippen LogP contribution in [0.3, 0.4) is 0 Å². The number of aromatic nitrogens is 1. The van der Waals surface area contributed by atoms with Crippen LogP contribution in [0.25, 0.3) is 0 Å². The van der Waals surface area contributed by atoms with E-state index in [2.05, 4.69) is 18.8 Å². The van der Waals surface area contributed by atoms with Crippen LogP contribution >= 0.6 is 0 Å². The number of hydrogen-bond donors (Lipinski definition) is 1. The number of benzene rings is 1. The standard InChI is InChI=1S/C16H21NO3/c1-4-15(18)12-5-7-13(8-6-12)19-9-14-16(11(2)3)20-10-17-14/h5-8,10-11,15,18H,4,9H2,1-3H3. The molecule has 0 saturated carbocycles. The molecule has 1 N–H and O–H groups in total. The third-order valence-electron chi connectivity index (χ3n) is 3.22. The number of nitrogens with zero attached hydrogens (tertiary/aromatic N) is 1. The van der Waals surface area contributed by atoms with Crippen LogP contribution < -0.4 is 4.74 Å². The topological polar surface area (TPSA) is 55.5 Å². The molecule has 0 saturated heterocycles. The van der Waals surface area contributed by atoms with Gasteiger partial charge >= 0.3 is 0 Å². The highest BCUT2D eigenvalue weighted by Gasteiger charge is 2.12. The molecule has 0 aliphatic carbocycles. The average molecular weight is 275 g/mol. The first-order valence-electron chi connectivity index (χ1n) is 6.94. The lowest BCUT2D eigenvalue weighted by Gasteiger charge is -2.10. The van der Waals surface area contributed by atoms with Crippen molar-refractivity contribution < 1.29 is 14.3 Å². The number of rotatable bonds is 6. The van der Waals surface area contributed by atoms with E-state index in [0.29, 0.717) is 13.0 Å². The normalized spacial score (nSPS) is 12.7. The van der Waals surface area contributed by atoms with Crippen molar-refractivity contribution in [1.82, 2.24) is 4.98 Å². The molecule has 2 rings (SSSR count). The molecule has 0 amide bonds. The first-order valence-corrected chi connectivity index (χ1v) is 6.94. The first-order chi connectivity index (χ1) is 9.61. The lowest BCUT2D eigenvalue weighted by Crippen LogP contribution is -2.01. The highest BCUT2D eigenvalue weighted by Crippen LogP contribution is 2.22. The molecular weight excluding hydrogens is 254 g/mol. The summed E-state index contributed by atoms with van der Waals surface area (Å²) in [5, 5.41) is 9.73. The summed E-state index contributed by atoms with van der Waals surface area (Å²) < 4.78 is 11.1. The van der Waals surface area contributed by atoms with Gasteiger partial charge in [0.1, 0.15) is 23.8 Å². The van der Waals surface area contributed by atoms with E-state index in [9.17, 15) is 5.11 Å². The second-order valence-corrected chi connectivity index (χ2v) is 5.10. The summed E-state index contributed by atoms with van der Waals surface area (Å²) >= 11 is 0. The predicted octanol–water partition coefficient (Wildman–Crippen LogP) is 3.82. The Morgan fingerprint density at radius 3 is 2.55 bits per heavy atom. The Morgan fingerprint density at radius 2 is 1.95 bits per heavy atom. The van der Waals surface area contributed by atoms with Crippen LogP contribution in [0.1, 0.15) is 56.2 Å². The van der Waals surface area contributed by atoms with Gasteiger partial charge in [-0.2, -0.15) is 0 Å². The van der Waals surface area contributed by atoms with Gasteiger partial charge in [0.05, 0.1) is 6.10 Å². The Morgan fingerprint density at radius 1 is 1.25 bits per heavy atom. The van der Waals surface area contributed by atoms with E-state index < -0.39 is 6.10 Å². The summed E-state index contributed by atoms with van der Waals surface area (Å²) in [6.07, 6.45) is 1.75. The zero-order valence-electron chi connectivity index (χ0n) is 12.2. The molecule has 1 aromatic heterocycles. The van der Waals surface area contributed by atoms with E-state index in [-0.39, 0.29) is 5.92 Å². The largest absolute Gasteiger partial charge is 0.487 e. The van der Waals surface area contributed by atoms with E-state index in [1.807, 2.05) is 31.2 Å². The first kappa shape index (κ1) is 14.6. The zero-order chi connectivity index (χ0) is 14.5. The number of hydrogen-bond acceptors (Lipinski definition) is 4. The molecule has 1 heterocycles. The molecular formula is C16H21NO3. The highest BCUT2D eigenvalue weighted by molar-refractivity contribution is 5.28. The van der Waals surface area contributed by atoms with Gasteiger partial charge in [0.2, 0.25) is 0 Å². The zero-order valence-corrected chi connectivity index (χ0v) is 12.2. The van der Waals surface area contributed by atoms with Gasteiger partial charge in [-0.25, -0.2) is 4.98 Å². The fourth-order valence-electron chi connectivity index (χ4n) is 2.03. The minimum absolute atomic E-state index is 0.290. The molecule has 0 aliphatic rings. The molecule has 0 radical (unpaired) electrons. The minimum Gasteiger partial charge on any atom is -0.487 e. The second kappa shape index (κ2) is 6.57. The van der Waals surface area contributed by atoms with Crippen LogP contribution in [0.4, 0.5) is 0 Å². The van der Waals surface area contributed by atoms with Crippen LogP contribution in [0.5, 0.6) is 5.75 Å². The molecule has 4 heteroatoms. The summed E-state index contributed by atoms with van der Waals surface area (Å²) in [5.41, 5.74) is 1.74. The van der Waals surface area contributed by atoms with Crippen molar-refractivity contribution in [1.29, 1.82) is 0 Å². The van der Waals surface area contributed by atoms with Crippen molar-refractivity contribution in [3.8, 4) is 5.75 Å². The lowest BCUT2D eigenvalue weighted by molar-refractivity contribution is 0.173. The number of oxazole rings is 1. The number of ether oxygens (including phenoxy) is 1. The Hall–Kier alpha value is -1.81. The Bertz CT molecular complexity index is 531. The van der Waals surface area contributed by atoms with E-state index >= 15 is 0 Å². The molecule has 0 bridgehead atoms. The van der Waals surface area contributed by atoms with Crippen molar-refractivity contribution in [3.63, 3.8) is 0 Å². The predicted molar refractivity (Wildman–Crippen MR) is 76.6 cm³/mol. The van der Waals surface area contributed by atoms with Crippen molar-refractivity contribution in [2.75, 3.05) is 0 Å². The highest BCUT2D eigenvalue weighted by atomic mass is 16.5. The average Bonchev–Trinajstić information content (AvgIpc) is 2.93. The SMILES string of the molecule is CCC(O)c1ccc(OCc2ncoc2C(C)C)cc1. The maximum Gasteiger partial charge on any atom is 0.181 e. The van der Waals surface area contributed by atoms with Gasteiger partial charge in [0.15, 0.2) is 6.39 Å². The number of aliphatic hydroxyl groups is 1. The fraction of sp³-hybridized carbons (Fsp3) is 0.438. The van der Waals surface area contributed by atoms with Gasteiger partial charge in [-0.15, -0.1) is 0 Å². The molecule has 108 valence electrons. The van der Waals surface area contributed by atoms with Gasteiger partial charge in [-0.1, -0.05) is 32.9 Å². The maximum atomic E-state index is 9.73. The third-order valence-corrected chi connectivity index (χ3v) is 3.22. The lowest BCUT2D eigenvalue weighted by atomic mass is 10.1. The van der Waals surface area contributed by atoms with E-state index in [4.69, 9.17) is 9.15 Å². The Kier molecular flexibility index (Phi) is 4.79. The van der Waals surface area contributed by atoms with E-state index in [1.165, 1.54) is 6.39 Å². The van der Waals surface area contributed by atoms with E-state index in [1.54, 1.807) is 0 Å². The van der Waals surface area contributed by atoms with Gasteiger partial charge < -0.3 is 14.3 Å². The maximum absolute atomic E-state index is 9.73. The Labute approximate surface area is 119 Å². The van der Waals surface area contributed by atoms with Gasteiger partial charge in [0.25, 0.3) is 0 Å². The second-order valence-electron chi connectivity index (χ2n) is 5.10. The monoisotopic (exact) mass is 275 g/mol. The Balaban J connectivity index is 1.99. The molecule has 4 nitrogen and oxygen atoms in total. The van der Waals surface area contributed by atoms with Crippen LogP contribution in [0.15, 0.2) is 35.1 Å². The van der Waals surface area contributed by atoms with Crippen molar-refractivity contribution >= 4 is 0 Å². The summed E-state index contributed by atoms with van der Waals surface area (Å²) in [6, 6.07) is 7.50. The van der Waals surface area contributed by atoms with Crippen molar-refractivity contribution in [2.24, 2.45) is 0 Å². The summed E-state index contributed by atoms with van der Waals surface area (Å²) in [6.45, 7) is 6.46. The summed E-state index contributed by atoms with van der Waals surface area (Å²) in [4.78, 5) is 4.18. The van der Waals surface area contributed by atoms with Gasteiger partial charge in [0, 0.05) is 5.92 Å². The molecule has 0 spiro atoms. The van der Waals surface area contributed by atoms with Crippen LogP contribution in [-0.4, -0.2) is 10.1 Å². The molecule has 20 heavy (non-hydrogen) atoms. The summed E-state index contributed by atoms with van der Waals surface area (Å²) in [7, 11) is 0. The molecule has 2 aromatic rings. The van der Waals surface area contributed by atoms with Gasteiger partial charge in [-0.05, 0) is 24.1 Å². The molecule has 0 aliphatic heterocycles. The fourth-order valence-corrected chi connectivity index (χ4v) is 2.03. The molecule has 1 atom stereocenters. The van der Waals surface area contributed by atoms with Crippen molar-refractivity contribution in [3.05, 3.63) is 47.7 Å². The molecule has 1 aromatic carbocycles. The molecule has 0 fully saturated rings. The third kappa shape index (κ3) is 3.39. The van der Waals surface area contributed by atoms with Crippen LogP contribution in [0, 0.1) is 0 Å². The van der Waals surface area contributed by atoms with Gasteiger partial charge in [-0.3, -0.25) is 0 Å². The quantitative estimate of drug-likeness (QED) is 0.870. The smallest absolute Gasteiger partial charge is 0.181 e. The minimum atomic E-state index is -0.410. The van der Waals surface area contributed by atoms with Crippen molar-refractivity contribution in [2.45, 2.75) is 45.8 Å². The summed E-state index contributed by atoms with van der Waals surface area (Å²) in [5.74, 6) is 1.91. The van der Waals surface area contributed by atoms with Crippen LogP contribution in [-0.2, 0) is 6.61 Å². The van der Waals surface area contributed by atoms with E-state index in [0.717, 1.165) is 22.8 Å². The van der Waals surface area contributed by atoms with Crippen LogP contribution in [0.2, 0.25) is 0 Å². The molecule has 1 unspecified atom stereocenters.